The molecule has 1 saturated carbocycles. The number of carbonyl (C=O) groups excluding carboxylic acids is 1. The van der Waals surface area contributed by atoms with Gasteiger partial charge in [-0.1, -0.05) is 77.6 Å². The first-order valence-corrected chi connectivity index (χ1v) is 9.65. The molecule has 0 aromatic heterocycles. The Morgan fingerprint density at radius 2 is 1.55 bits per heavy atom. The Morgan fingerprint density at radius 3 is 2.18 bits per heavy atom. The van der Waals surface area contributed by atoms with Crippen LogP contribution >= 0.6 is 0 Å². The minimum atomic E-state index is 0.0787. The van der Waals surface area contributed by atoms with Crippen LogP contribution in [0.1, 0.15) is 103 Å². The van der Waals surface area contributed by atoms with Crippen LogP contribution in [0.25, 0.3) is 0 Å². The van der Waals surface area contributed by atoms with Crippen molar-refractivity contribution in [2.75, 3.05) is 0 Å². The summed E-state index contributed by atoms with van der Waals surface area (Å²) in [6, 6.07) is 0. The largest absolute Gasteiger partial charge is 0.273 e. The van der Waals surface area contributed by atoms with E-state index in [1.807, 2.05) is 6.21 Å². The lowest BCUT2D eigenvalue weighted by atomic mass is 9.90. The zero-order chi connectivity index (χ0) is 15.9. The highest BCUT2D eigenvalue weighted by Gasteiger charge is 2.10. The first-order valence-electron chi connectivity index (χ1n) is 9.65. The molecular formula is C19H36N2O. The van der Waals surface area contributed by atoms with Crippen molar-refractivity contribution in [1.82, 2.24) is 5.43 Å². The number of unbranched alkanes of at least 4 members (excludes halogenated alkanes) is 8. The molecule has 128 valence electrons. The third-order valence-electron chi connectivity index (χ3n) is 4.63. The molecule has 0 aliphatic heterocycles. The molecule has 0 saturated heterocycles. The monoisotopic (exact) mass is 308 g/mol. The number of hydrogen-bond donors (Lipinski definition) is 1. The molecule has 1 N–H and O–H groups in total. The third kappa shape index (κ3) is 10.8. The molecule has 1 rings (SSSR count). The predicted molar refractivity (Wildman–Crippen MR) is 95.1 cm³/mol. The maximum absolute atomic E-state index is 11.7. The SMILES string of the molecule is CCCCCCCCCCCC(=O)NN=CC1CCCCC1. The van der Waals surface area contributed by atoms with Gasteiger partial charge >= 0.3 is 0 Å². The van der Waals surface area contributed by atoms with Gasteiger partial charge in [0.2, 0.25) is 5.91 Å². The van der Waals surface area contributed by atoms with Gasteiger partial charge in [-0.15, -0.1) is 0 Å². The summed E-state index contributed by atoms with van der Waals surface area (Å²) < 4.78 is 0. The first-order chi connectivity index (χ1) is 10.8. The van der Waals surface area contributed by atoms with Gasteiger partial charge in [-0.3, -0.25) is 4.79 Å². The topological polar surface area (TPSA) is 41.5 Å². The van der Waals surface area contributed by atoms with Gasteiger partial charge in [0.05, 0.1) is 0 Å². The van der Waals surface area contributed by atoms with Gasteiger partial charge in [0.25, 0.3) is 0 Å². The predicted octanol–water partition coefficient (Wildman–Crippen LogP) is 5.59. The average molecular weight is 309 g/mol. The van der Waals surface area contributed by atoms with Crippen molar-refractivity contribution in [2.24, 2.45) is 11.0 Å². The Morgan fingerprint density at radius 1 is 0.955 bits per heavy atom. The summed E-state index contributed by atoms with van der Waals surface area (Å²) in [5.74, 6) is 0.664. The van der Waals surface area contributed by atoms with E-state index in [2.05, 4.69) is 17.5 Å². The van der Waals surface area contributed by atoms with E-state index in [0.29, 0.717) is 12.3 Å². The van der Waals surface area contributed by atoms with Gasteiger partial charge in [-0.25, -0.2) is 5.43 Å². The van der Waals surface area contributed by atoms with Crippen molar-refractivity contribution < 1.29 is 4.79 Å². The molecule has 0 spiro atoms. The minimum Gasteiger partial charge on any atom is -0.273 e. The highest BCUT2D eigenvalue weighted by atomic mass is 16.2. The summed E-state index contributed by atoms with van der Waals surface area (Å²) in [6.07, 6.45) is 20.6. The van der Waals surface area contributed by atoms with E-state index in [9.17, 15) is 4.79 Å². The fourth-order valence-electron chi connectivity index (χ4n) is 3.15. The van der Waals surface area contributed by atoms with E-state index in [4.69, 9.17) is 0 Å². The van der Waals surface area contributed by atoms with E-state index in [-0.39, 0.29) is 5.91 Å². The lowest BCUT2D eigenvalue weighted by molar-refractivity contribution is -0.121. The fraction of sp³-hybridized carbons (Fsp3) is 0.895. The van der Waals surface area contributed by atoms with Crippen LogP contribution in [-0.4, -0.2) is 12.1 Å². The van der Waals surface area contributed by atoms with Crippen LogP contribution in [0, 0.1) is 5.92 Å². The number of hydrazone groups is 1. The van der Waals surface area contributed by atoms with Gasteiger partial charge in [0.1, 0.15) is 0 Å². The average Bonchev–Trinajstić information content (AvgIpc) is 2.54. The summed E-state index contributed by atoms with van der Waals surface area (Å²) in [4.78, 5) is 11.7. The van der Waals surface area contributed by atoms with Crippen LogP contribution in [0.4, 0.5) is 0 Å². The highest BCUT2D eigenvalue weighted by molar-refractivity contribution is 5.76. The lowest BCUT2D eigenvalue weighted by Gasteiger charge is -2.16. The standard InChI is InChI=1S/C19H36N2O/c1-2-3-4-5-6-7-8-9-13-16-19(22)21-20-17-18-14-11-10-12-15-18/h17-18H,2-16H2,1H3,(H,21,22). The van der Waals surface area contributed by atoms with Crippen molar-refractivity contribution in [3.05, 3.63) is 0 Å². The van der Waals surface area contributed by atoms with Gasteiger partial charge in [0.15, 0.2) is 0 Å². The summed E-state index contributed by atoms with van der Waals surface area (Å²) in [5, 5.41) is 4.13. The summed E-state index contributed by atoms with van der Waals surface area (Å²) in [7, 11) is 0. The highest BCUT2D eigenvalue weighted by Crippen LogP contribution is 2.21. The normalized spacial score (nSPS) is 16.2. The quantitative estimate of drug-likeness (QED) is 0.285. The van der Waals surface area contributed by atoms with Crippen LogP contribution in [0.15, 0.2) is 5.10 Å². The molecular weight excluding hydrogens is 272 g/mol. The number of amides is 1. The second kappa shape index (κ2) is 13.8. The van der Waals surface area contributed by atoms with Gasteiger partial charge in [-0.05, 0) is 25.2 Å². The lowest BCUT2D eigenvalue weighted by Crippen LogP contribution is -2.18. The number of nitrogens with zero attached hydrogens (tertiary/aromatic N) is 1. The summed E-state index contributed by atoms with van der Waals surface area (Å²) in [5.41, 5.74) is 2.69. The molecule has 1 aliphatic rings. The van der Waals surface area contributed by atoms with Crippen LogP contribution in [0.2, 0.25) is 0 Å². The van der Waals surface area contributed by atoms with Gasteiger partial charge in [0, 0.05) is 12.6 Å². The van der Waals surface area contributed by atoms with Crippen LogP contribution in [0.5, 0.6) is 0 Å². The van der Waals surface area contributed by atoms with Crippen LogP contribution < -0.4 is 5.43 Å². The molecule has 1 aliphatic carbocycles. The van der Waals surface area contributed by atoms with E-state index in [1.165, 1.54) is 83.5 Å². The molecule has 0 atom stereocenters. The van der Waals surface area contributed by atoms with Crippen LogP contribution in [0.3, 0.4) is 0 Å². The van der Waals surface area contributed by atoms with E-state index < -0.39 is 0 Å². The molecule has 0 aromatic carbocycles. The first kappa shape index (κ1) is 19.2. The number of rotatable bonds is 12. The number of carbonyl (C=O) groups is 1. The van der Waals surface area contributed by atoms with Gasteiger partial charge < -0.3 is 0 Å². The van der Waals surface area contributed by atoms with E-state index >= 15 is 0 Å². The third-order valence-corrected chi connectivity index (χ3v) is 4.63. The number of nitrogens with one attached hydrogen (secondary N) is 1. The molecule has 22 heavy (non-hydrogen) atoms. The van der Waals surface area contributed by atoms with Gasteiger partial charge in [-0.2, -0.15) is 5.10 Å². The molecule has 1 amide bonds. The Balaban J connectivity index is 1.87. The van der Waals surface area contributed by atoms with Crippen molar-refractivity contribution in [3.8, 4) is 0 Å². The molecule has 0 radical (unpaired) electrons. The molecule has 0 aromatic rings. The Kier molecular flexibility index (Phi) is 12.0. The molecule has 1 fully saturated rings. The molecule has 0 bridgehead atoms. The second-order valence-electron chi connectivity index (χ2n) is 6.79. The summed E-state index contributed by atoms with van der Waals surface area (Å²) in [6.45, 7) is 2.25. The smallest absolute Gasteiger partial charge is 0.240 e. The Hall–Kier alpha value is -0.860. The second-order valence-corrected chi connectivity index (χ2v) is 6.79. The maximum Gasteiger partial charge on any atom is 0.240 e. The zero-order valence-corrected chi connectivity index (χ0v) is 14.6. The Labute approximate surface area is 137 Å². The van der Waals surface area contributed by atoms with Crippen molar-refractivity contribution >= 4 is 12.1 Å². The number of hydrogen-bond acceptors (Lipinski definition) is 2. The summed E-state index contributed by atoms with van der Waals surface area (Å²) >= 11 is 0. The van der Waals surface area contributed by atoms with E-state index in [1.54, 1.807) is 0 Å². The molecule has 3 nitrogen and oxygen atoms in total. The van der Waals surface area contributed by atoms with Crippen molar-refractivity contribution in [2.45, 2.75) is 103 Å². The molecule has 0 heterocycles. The molecule has 0 unspecified atom stereocenters. The van der Waals surface area contributed by atoms with Crippen molar-refractivity contribution in [3.63, 3.8) is 0 Å². The minimum absolute atomic E-state index is 0.0787. The van der Waals surface area contributed by atoms with Crippen molar-refractivity contribution in [1.29, 1.82) is 0 Å². The van der Waals surface area contributed by atoms with Crippen LogP contribution in [-0.2, 0) is 4.79 Å². The Bertz CT molecular complexity index is 296. The zero-order valence-electron chi connectivity index (χ0n) is 14.6. The fourth-order valence-corrected chi connectivity index (χ4v) is 3.15. The maximum atomic E-state index is 11.7. The molecule has 3 heteroatoms. The van der Waals surface area contributed by atoms with E-state index in [0.717, 1.165) is 6.42 Å².